The number of halogens is 3. The van der Waals surface area contributed by atoms with Gasteiger partial charge >= 0.3 is 12.2 Å². The molecule has 0 aromatic heterocycles. The molecule has 9 nitrogen and oxygen atoms in total. The average molecular weight is 521 g/mol. The quantitative estimate of drug-likeness (QED) is 0.549. The Labute approximate surface area is 205 Å². The number of sulfone groups is 1. The minimum absolute atomic E-state index is 0.00697. The molecule has 190 valence electrons. The molecule has 0 fully saturated rings. The van der Waals surface area contributed by atoms with Crippen LogP contribution in [0.25, 0.3) is 0 Å². The van der Waals surface area contributed by atoms with Crippen LogP contribution in [0.3, 0.4) is 0 Å². The van der Waals surface area contributed by atoms with Crippen molar-refractivity contribution in [3.05, 3.63) is 76.1 Å². The normalized spacial score (nSPS) is 16.8. The molecule has 0 bridgehead atoms. The van der Waals surface area contributed by atoms with Crippen molar-refractivity contribution < 1.29 is 26.4 Å². The molecule has 3 rings (SSSR count). The molecule has 2 aromatic carbocycles. The van der Waals surface area contributed by atoms with E-state index in [0.29, 0.717) is 11.1 Å². The number of anilines is 1. The fourth-order valence-electron chi connectivity index (χ4n) is 3.98. The first kappa shape index (κ1) is 26.6. The number of nitriles is 1. The summed E-state index contributed by atoms with van der Waals surface area (Å²) in [7, 11) is -3.39. The van der Waals surface area contributed by atoms with Gasteiger partial charge in [0.2, 0.25) is 5.96 Å². The number of nitrogens with zero attached hydrogens (tertiary/aromatic N) is 3. The maximum atomic E-state index is 13.3. The predicted octanol–water partition coefficient (Wildman–Crippen LogP) is 3.23. The third kappa shape index (κ3) is 5.28. The predicted molar refractivity (Wildman–Crippen MR) is 127 cm³/mol. The van der Waals surface area contributed by atoms with Gasteiger partial charge in [0.05, 0.1) is 28.6 Å². The van der Waals surface area contributed by atoms with Crippen LogP contribution in [0.1, 0.15) is 35.2 Å². The second-order valence-electron chi connectivity index (χ2n) is 8.26. The molecule has 0 radical (unpaired) electrons. The van der Waals surface area contributed by atoms with Crippen LogP contribution in [0.2, 0.25) is 0 Å². The fraction of sp³-hybridized carbons (Fsp3) is 0.261. The number of rotatable bonds is 5. The van der Waals surface area contributed by atoms with E-state index >= 15 is 0 Å². The van der Waals surface area contributed by atoms with Gasteiger partial charge in [0.15, 0.2) is 0 Å². The highest BCUT2D eigenvalue weighted by molar-refractivity contribution is 7.90. The largest absolute Gasteiger partial charge is 0.416 e. The SMILES string of the molecule is CC1=C(N)[C@@H](c2ccc(C#N)cc2CCS(C)(=O)=O)N(C(N)=O)C(=N)N1c1cccc(C(F)(F)F)c1. The highest BCUT2D eigenvalue weighted by Gasteiger charge is 2.41. The van der Waals surface area contributed by atoms with Gasteiger partial charge in [-0.05, 0) is 54.8 Å². The van der Waals surface area contributed by atoms with Gasteiger partial charge in [0.1, 0.15) is 15.9 Å². The number of nitrogens with two attached hydrogens (primary N) is 2. The molecule has 0 unspecified atom stereocenters. The van der Waals surface area contributed by atoms with Crippen LogP contribution >= 0.6 is 0 Å². The molecule has 0 aliphatic carbocycles. The summed E-state index contributed by atoms with van der Waals surface area (Å²) in [4.78, 5) is 14.4. The minimum Gasteiger partial charge on any atom is -0.399 e. The van der Waals surface area contributed by atoms with Gasteiger partial charge in [-0.2, -0.15) is 18.4 Å². The zero-order valence-electron chi connectivity index (χ0n) is 19.3. The number of urea groups is 1. The Bertz CT molecular complexity index is 1410. The van der Waals surface area contributed by atoms with Crippen molar-refractivity contribution in [2.75, 3.05) is 16.9 Å². The summed E-state index contributed by atoms with van der Waals surface area (Å²) < 4.78 is 63.5. The van der Waals surface area contributed by atoms with Crippen molar-refractivity contribution >= 4 is 27.5 Å². The molecule has 0 saturated carbocycles. The average Bonchev–Trinajstić information content (AvgIpc) is 2.79. The molecular formula is C23H23F3N6O3S. The Balaban J connectivity index is 2.21. The van der Waals surface area contributed by atoms with E-state index in [1.165, 1.54) is 37.3 Å². The van der Waals surface area contributed by atoms with Gasteiger partial charge < -0.3 is 11.5 Å². The number of amides is 2. The number of allylic oxidation sites excluding steroid dienone is 1. The molecule has 1 aliphatic rings. The van der Waals surface area contributed by atoms with Gasteiger partial charge in [0.25, 0.3) is 0 Å². The van der Waals surface area contributed by atoms with E-state index in [1.54, 1.807) is 0 Å². The van der Waals surface area contributed by atoms with E-state index in [4.69, 9.17) is 16.9 Å². The van der Waals surface area contributed by atoms with Crippen molar-refractivity contribution in [1.29, 1.82) is 10.7 Å². The standard InChI is InChI=1S/C23H23F3N6O3S/c1-13-19(28)20(18-7-6-14(12-27)10-15(18)8-9-36(2,34)35)32(22(30)33)21(29)31(13)17-5-3-4-16(11-17)23(24,25)26/h3-7,10-11,20,29H,8-9,28H2,1-2H3,(H2,30,33)/t20-/m1/s1. The number of hydrogen-bond donors (Lipinski definition) is 3. The number of hydrogen-bond acceptors (Lipinski definition) is 6. The van der Waals surface area contributed by atoms with Gasteiger partial charge in [0, 0.05) is 17.6 Å². The monoisotopic (exact) mass is 520 g/mol. The van der Waals surface area contributed by atoms with E-state index in [1.807, 2.05) is 6.07 Å². The number of primary amides is 1. The maximum absolute atomic E-state index is 13.3. The summed E-state index contributed by atoms with van der Waals surface area (Å²) in [5.74, 6) is -0.800. The molecule has 1 atom stereocenters. The van der Waals surface area contributed by atoms with Crippen LogP contribution in [0.5, 0.6) is 0 Å². The summed E-state index contributed by atoms with van der Waals surface area (Å²) >= 11 is 0. The lowest BCUT2D eigenvalue weighted by atomic mass is 9.91. The topological polar surface area (TPSA) is 157 Å². The molecule has 2 amide bonds. The number of nitrogens with one attached hydrogen (secondary N) is 1. The second-order valence-corrected chi connectivity index (χ2v) is 10.5. The second kappa shape index (κ2) is 9.54. The van der Waals surface area contributed by atoms with Crippen molar-refractivity contribution in [3.63, 3.8) is 0 Å². The van der Waals surface area contributed by atoms with E-state index in [9.17, 15) is 31.6 Å². The molecule has 2 aromatic rings. The lowest BCUT2D eigenvalue weighted by molar-refractivity contribution is -0.137. The van der Waals surface area contributed by atoms with Crippen LogP contribution in [0.4, 0.5) is 23.7 Å². The summed E-state index contributed by atoms with van der Waals surface area (Å²) in [6.45, 7) is 1.48. The maximum Gasteiger partial charge on any atom is 0.416 e. The van der Waals surface area contributed by atoms with E-state index in [2.05, 4.69) is 0 Å². The Morgan fingerprint density at radius 2 is 1.89 bits per heavy atom. The van der Waals surface area contributed by atoms with E-state index in [0.717, 1.165) is 28.2 Å². The Morgan fingerprint density at radius 3 is 2.44 bits per heavy atom. The molecule has 1 aliphatic heterocycles. The molecule has 1 heterocycles. The van der Waals surface area contributed by atoms with Gasteiger partial charge in [-0.3, -0.25) is 15.2 Å². The lowest BCUT2D eigenvalue weighted by Crippen LogP contribution is -2.55. The summed E-state index contributed by atoms with van der Waals surface area (Å²) in [6.07, 6.45) is -3.60. The van der Waals surface area contributed by atoms with Crippen molar-refractivity contribution in [3.8, 4) is 6.07 Å². The molecule has 13 heteroatoms. The zero-order valence-corrected chi connectivity index (χ0v) is 20.1. The van der Waals surface area contributed by atoms with Crippen LogP contribution in [-0.2, 0) is 22.4 Å². The zero-order chi connectivity index (χ0) is 27.0. The number of benzene rings is 2. The smallest absolute Gasteiger partial charge is 0.399 e. The van der Waals surface area contributed by atoms with Crippen molar-refractivity contribution in [1.82, 2.24) is 4.90 Å². The molecule has 0 spiro atoms. The Kier molecular flexibility index (Phi) is 7.04. The van der Waals surface area contributed by atoms with Crippen LogP contribution in [0, 0.1) is 16.7 Å². The highest BCUT2D eigenvalue weighted by Crippen LogP contribution is 2.39. The van der Waals surface area contributed by atoms with Crippen molar-refractivity contribution in [2.45, 2.75) is 25.6 Å². The van der Waals surface area contributed by atoms with E-state index < -0.39 is 39.6 Å². The van der Waals surface area contributed by atoms with Crippen LogP contribution in [-0.4, -0.2) is 37.3 Å². The van der Waals surface area contributed by atoms with Crippen molar-refractivity contribution in [2.24, 2.45) is 11.5 Å². The first-order chi connectivity index (χ1) is 16.7. The van der Waals surface area contributed by atoms with Crippen LogP contribution < -0.4 is 16.4 Å². The fourth-order valence-corrected chi connectivity index (χ4v) is 4.58. The Hall–Kier alpha value is -4.05. The molecule has 0 saturated heterocycles. The van der Waals surface area contributed by atoms with Gasteiger partial charge in [-0.15, -0.1) is 0 Å². The molecular weight excluding hydrogens is 497 g/mol. The van der Waals surface area contributed by atoms with E-state index in [-0.39, 0.29) is 34.8 Å². The third-order valence-corrected chi connectivity index (χ3v) is 6.67. The summed E-state index contributed by atoms with van der Waals surface area (Å²) in [5, 5.41) is 18.0. The lowest BCUT2D eigenvalue weighted by Gasteiger charge is -2.43. The molecule has 5 N–H and O–H groups in total. The third-order valence-electron chi connectivity index (χ3n) is 5.72. The van der Waals surface area contributed by atoms with Gasteiger partial charge in [-0.25, -0.2) is 13.2 Å². The molecule has 36 heavy (non-hydrogen) atoms. The van der Waals surface area contributed by atoms with Crippen LogP contribution in [0.15, 0.2) is 53.9 Å². The number of carbonyl (C=O) groups excluding carboxylic acids is 1. The number of alkyl halides is 3. The highest BCUT2D eigenvalue weighted by atomic mass is 32.2. The summed E-state index contributed by atoms with van der Waals surface area (Å²) in [6, 6.07) is 8.31. The number of aryl methyl sites for hydroxylation is 1. The Morgan fingerprint density at radius 1 is 1.22 bits per heavy atom. The van der Waals surface area contributed by atoms with Gasteiger partial charge in [-0.1, -0.05) is 12.1 Å². The minimum atomic E-state index is -4.64. The first-order valence-electron chi connectivity index (χ1n) is 10.5. The number of guanidine groups is 1. The number of carbonyl (C=O) groups is 1. The first-order valence-corrected chi connectivity index (χ1v) is 12.5. The summed E-state index contributed by atoms with van der Waals surface area (Å²) in [5.41, 5.74) is 12.1.